The summed E-state index contributed by atoms with van der Waals surface area (Å²) in [6, 6.07) is 18.3. The maximum atomic E-state index is 13.5. The predicted molar refractivity (Wildman–Crippen MR) is 129 cm³/mol. The first-order valence-electron chi connectivity index (χ1n) is 10.5. The summed E-state index contributed by atoms with van der Waals surface area (Å²) >= 11 is 5.92. The molecule has 8 heteroatoms. The van der Waals surface area contributed by atoms with Crippen LogP contribution in [0, 0.1) is 5.82 Å². The monoisotopic (exact) mass is 466 g/mol. The molecule has 0 bridgehead atoms. The molecule has 1 N–H and O–H groups in total. The van der Waals surface area contributed by atoms with E-state index in [2.05, 4.69) is 32.3 Å². The second-order valence-electron chi connectivity index (χ2n) is 7.50. The van der Waals surface area contributed by atoms with Gasteiger partial charge in [-0.3, -0.25) is 4.90 Å². The zero-order valence-corrected chi connectivity index (χ0v) is 19.1. The summed E-state index contributed by atoms with van der Waals surface area (Å²) in [5.74, 6) is 1.26. The molecule has 170 valence electrons. The van der Waals surface area contributed by atoms with E-state index in [9.17, 15) is 4.39 Å². The van der Waals surface area contributed by atoms with E-state index in [1.54, 1.807) is 6.07 Å². The fourth-order valence-electron chi connectivity index (χ4n) is 3.38. The number of anilines is 2. The molecule has 0 radical (unpaired) electrons. The number of aromatic nitrogens is 2. The Kier molecular flexibility index (Phi) is 7.22. The first-order valence-corrected chi connectivity index (χ1v) is 10.9. The Labute approximate surface area is 196 Å². The van der Waals surface area contributed by atoms with Crippen LogP contribution >= 0.6 is 11.6 Å². The van der Waals surface area contributed by atoms with Gasteiger partial charge in [0.25, 0.3) is 0 Å². The molecule has 0 spiro atoms. The number of hydrogen-bond acceptors (Lipinski definition) is 6. The lowest BCUT2D eigenvalue weighted by atomic mass is 10.2. The highest BCUT2D eigenvalue weighted by molar-refractivity contribution is 6.31. The van der Waals surface area contributed by atoms with Crippen LogP contribution in [0.5, 0.6) is 11.5 Å². The summed E-state index contributed by atoms with van der Waals surface area (Å²) in [6.45, 7) is 3.52. The molecule has 0 amide bonds. The van der Waals surface area contributed by atoms with Crippen molar-refractivity contribution in [1.82, 2.24) is 14.9 Å². The molecule has 0 saturated heterocycles. The van der Waals surface area contributed by atoms with Crippen LogP contribution in [0.4, 0.5) is 15.9 Å². The SMILES string of the molecule is CCOc1cc2ncnc(Nc3ccc(F)c(Cl)c3)c2cc1OCN(C)Cc1ccccc1. The van der Waals surface area contributed by atoms with Crippen molar-refractivity contribution in [2.75, 3.05) is 25.7 Å². The van der Waals surface area contributed by atoms with Crippen LogP contribution in [0.3, 0.4) is 0 Å². The minimum absolute atomic E-state index is 0.0301. The Morgan fingerprint density at radius 3 is 2.55 bits per heavy atom. The van der Waals surface area contributed by atoms with Crippen molar-refractivity contribution >= 4 is 34.0 Å². The summed E-state index contributed by atoms with van der Waals surface area (Å²) in [6.07, 6.45) is 1.46. The molecule has 0 aliphatic rings. The lowest BCUT2D eigenvalue weighted by Crippen LogP contribution is -2.23. The maximum absolute atomic E-state index is 13.5. The van der Waals surface area contributed by atoms with Gasteiger partial charge in [-0.25, -0.2) is 14.4 Å². The van der Waals surface area contributed by atoms with Crippen LogP contribution in [0.2, 0.25) is 5.02 Å². The Morgan fingerprint density at radius 1 is 1.00 bits per heavy atom. The number of benzene rings is 3. The van der Waals surface area contributed by atoms with Crippen molar-refractivity contribution < 1.29 is 13.9 Å². The minimum atomic E-state index is -0.480. The van der Waals surface area contributed by atoms with Gasteiger partial charge in [0.15, 0.2) is 11.5 Å². The predicted octanol–water partition coefficient (Wildman–Crippen LogP) is 6.03. The van der Waals surface area contributed by atoms with Crippen LogP contribution in [0.15, 0.2) is 67.0 Å². The summed E-state index contributed by atoms with van der Waals surface area (Å²) < 4.78 is 25.4. The van der Waals surface area contributed by atoms with Gasteiger partial charge in [-0.15, -0.1) is 0 Å². The lowest BCUT2D eigenvalue weighted by molar-refractivity contribution is 0.141. The topological polar surface area (TPSA) is 59.5 Å². The van der Waals surface area contributed by atoms with Gasteiger partial charge in [0.2, 0.25) is 0 Å². The molecule has 6 nitrogen and oxygen atoms in total. The van der Waals surface area contributed by atoms with Crippen LogP contribution in [0.25, 0.3) is 10.9 Å². The Hall–Kier alpha value is -3.42. The van der Waals surface area contributed by atoms with E-state index in [0.29, 0.717) is 41.9 Å². The first-order chi connectivity index (χ1) is 16.0. The van der Waals surface area contributed by atoms with Crippen molar-refractivity contribution in [3.63, 3.8) is 0 Å². The number of nitrogens with zero attached hydrogens (tertiary/aromatic N) is 3. The van der Waals surface area contributed by atoms with Gasteiger partial charge in [-0.2, -0.15) is 0 Å². The number of nitrogens with one attached hydrogen (secondary N) is 1. The largest absolute Gasteiger partial charge is 0.490 e. The number of rotatable bonds is 9. The summed E-state index contributed by atoms with van der Waals surface area (Å²) in [5, 5.41) is 3.95. The molecule has 1 aromatic heterocycles. The maximum Gasteiger partial charge on any atom is 0.164 e. The van der Waals surface area contributed by atoms with Crippen molar-refractivity contribution in [3.05, 3.63) is 83.4 Å². The van der Waals surface area contributed by atoms with E-state index in [1.165, 1.54) is 24.0 Å². The van der Waals surface area contributed by atoms with Gasteiger partial charge in [-0.1, -0.05) is 41.9 Å². The number of halogens is 2. The standard InChI is InChI=1S/C25H24ClFN4O2/c1-3-32-24-13-22-19(12-23(24)33-16-31(2)14-17-7-5-4-6-8-17)25(29-15-28-22)30-18-9-10-21(27)20(26)11-18/h4-13,15H,3,14,16H2,1-2H3,(H,28,29,30). The Bertz CT molecular complexity index is 1240. The zero-order chi connectivity index (χ0) is 23.2. The van der Waals surface area contributed by atoms with Gasteiger partial charge in [0.05, 0.1) is 17.1 Å². The normalized spacial score (nSPS) is 11.1. The quantitative estimate of drug-likeness (QED) is 0.304. The van der Waals surface area contributed by atoms with E-state index in [4.69, 9.17) is 21.1 Å². The molecule has 0 fully saturated rings. The van der Waals surface area contributed by atoms with Crippen molar-refractivity contribution in [1.29, 1.82) is 0 Å². The number of hydrogen-bond donors (Lipinski definition) is 1. The molecule has 0 unspecified atom stereocenters. The summed E-state index contributed by atoms with van der Waals surface area (Å²) in [5.41, 5.74) is 2.50. The lowest BCUT2D eigenvalue weighted by Gasteiger charge is -2.20. The van der Waals surface area contributed by atoms with Crippen molar-refractivity contribution in [2.45, 2.75) is 13.5 Å². The van der Waals surface area contributed by atoms with E-state index >= 15 is 0 Å². The van der Waals surface area contributed by atoms with Crippen LogP contribution in [0.1, 0.15) is 12.5 Å². The van der Waals surface area contributed by atoms with Crippen LogP contribution in [-0.4, -0.2) is 35.3 Å². The number of ether oxygens (including phenoxy) is 2. The van der Waals surface area contributed by atoms with E-state index in [0.717, 1.165) is 11.9 Å². The summed E-state index contributed by atoms with van der Waals surface area (Å²) in [7, 11) is 1.99. The Balaban J connectivity index is 1.59. The second-order valence-corrected chi connectivity index (χ2v) is 7.91. The molecule has 0 aliphatic carbocycles. The molecule has 4 aromatic rings. The van der Waals surface area contributed by atoms with Crippen LogP contribution < -0.4 is 14.8 Å². The fraction of sp³-hybridized carbons (Fsp3) is 0.200. The van der Waals surface area contributed by atoms with Gasteiger partial charge in [0, 0.05) is 23.7 Å². The molecule has 0 saturated carbocycles. The molecular weight excluding hydrogens is 443 g/mol. The molecule has 0 atom stereocenters. The smallest absolute Gasteiger partial charge is 0.164 e. The third-order valence-electron chi connectivity index (χ3n) is 4.92. The molecule has 3 aromatic carbocycles. The average Bonchev–Trinajstić information content (AvgIpc) is 2.81. The molecule has 33 heavy (non-hydrogen) atoms. The third kappa shape index (κ3) is 5.69. The van der Waals surface area contributed by atoms with Gasteiger partial charge < -0.3 is 14.8 Å². The van der Waals surface area contributed by atoms with Gasteiger partial charge >= 0.3 is 0 Å². The highest BCUT2D eigenvalue weighted by atomic mass is 35.5. The highest BCUT2D eigenvalue weighted by Crippen LogP contribution is 2.35. The second kappa shape index (κ2) is 10.5. The average molecular weight is 467 g/mol. The molecule has 1 heterocycles. The zero-order valence-electron chi connectivity index (χ0n) is 18.4. The van der Waals surface area contributed by atoms with Gasteiger partial charge in [-0.05, 0) is 43.8 Å². The fourth-order valence-corrected chi connectivity index (χ4v) is 3.56. The number of fused-ring (bicyclic) bond motifs is 1. The summed E-state index contributed by atoms with van der Waals surface area (Å²) in [4.78, 5) is 10.8. The molecule has 0 aliphatic heterocycles. The van der Waals surface area contributed by atoms with Crippen molar-refractivity contribution in [3.8, 4) is 11.5 Å². The van der Waals surface area contributed by atoms with Crippen molar-refractivity contribution in [2.24, 2.45) is 0 Å². The molecular formula is C25H24ClFN4O2. The highest BCUT2D eigenvalue weighted by Gasteiger charge is 2.14. The van der Waals surface area contributed by atoms with Crippen LogP contribution in [-0.2, 0) is 6.54 Å². The minimum Gasteiger partial charge on any atom is -0.490 e. The van der Waals surface area contributed by atoms with E-state index in [-0.39, 0.29) is 5.02 Å². The van der Waals surface area contributed by atoms with Gasteiger partial charge in [0.1, 0.15) is 24.7 Å². The first kappa shape index (κ1) is 22.8. The van der Waals surface area contributed by atoms with E-state index < -0.39 is 5.82 Å². The Morgan fingerprint density at radius 2 is 1.79 bits per heavy atom. The van der Waals surface area contributed by atoms with E-state index in [1.807, 2.05) is 44.3 Å². The molecule has 4 rings (SSSR count). The third-order valence-corrected chi connectivity index (χ3v) is 5.21.